The van der Waals surface area contributed by atoms with Gasteiger partial charge < -0.3 is 15.4 Å². The predicted octanol–water partition coefficient (Wildman–Crippen LogP) is 2.97. The maximum absolute atomic E-state index is 12.1. The van der Waals surface area contributed by atoms with Crippen LogP contribution in [0, 0.1) is 0 Å². The molecule has 4 rings (SSSR count). The van der Waals surface area contributed by atoms with Gasteiger partial charge in [0.2, 0.25) is 0 Å². The first-order valence-corrected chi connectivity index (χ1v) is 10.5. The zero-order valence-electron chi connectivity index (χ0n) is 16.9. The van der Waals surface area contributed by atoms with Crippen molar-refractivity contribution in [3.63, 3.8) is 0 Å². The maximum atomic E-state index is 12.1. The van der Waals surface area contributed by atoms with E-state index in [-0.39, 0.29) is 5.91 Å². The molecule has 1 heterocycles. The van der Waals surface area contributed by atoms with Crippen LogP contribution in [0.15, 0.2) is 36.5 Å². The fourth-order valence-corrected chi connectivity index (χ4v) is 3.82. The van der Waals surface area contributed by atoms with Crippen molar-refractivity contribution in [2.75, 3.05) is 13.7 Å². The van der Waals surface area contributed by atoms with E-state index < -0.39 is 0 Å². The fraction of sp³-hybridized carbons (Fsp3) is 0.500. The summed E-state index contributed by atoms with van der Waals surface area (Å²) >= 11 is 0. The molecule has 154 valence electrons. The summed E-state index contributed by atoms with van der Waals surface area (Å²) in [6, 6.07) is 9.19. The lowest BCUT2D eigenvalue weighted by Crippen LogP contribution is -2.34. The van der Waals surface area contributed by atoms with E-state index in [4.69, 9.17) is 4.74 Å². The Bertz CT molecular complexity index is 850. The number of para-hydroxylation sites is 1. The van der Waals surface area contributed by atoms with Crippen molar-refractivity contribution in [3.8, 4) is 5.75 Å². The SMILES string of the molecule is COc1ccccc1/C=C/CNC1CCC(n2cc(C(=O)NC3CC3)nn2)CC1. The molecule has 2 aliphatic carbocycles. The van der Waals surface area contributed by atoms with E-state index >= 15 is 0 Å². The number of amides is 1. The third kappa shape index (κ3) is 5.23. The molecule has 0 radical (unpaired) electrons. The molecular formula is C22H29N5O2. The number of aromatic nitrogens is 3. The first-order chi connectivity index (χ1) is 14.2. The molecule has 1 aromatic heterocycles. The summed E-state index contributed by atoms with van der Waals surface area (Å²) in [5.74, 6) is 0.790. The number of hydrogen-bond acceptors (Lipinski definition) is 5. The number of ether oxygens (including phenoxy) is 1. The van der Waals surface area contributed by atoms with Crippen LogP contribution in [0.4, 0.5) is 0 Å². The minimum absolute atomic E-state index is 0.101. The van der Waals surface area contributed by atoms with E-state index in [0.717, 1.165) is 56.4 Å². The van der Waals surface area contributed by atoms with E-state index in [1.165, 1.54) is 0 Å². The van der Waals surface area contributed by atoms with Gasteiger partial charge in [-0.05, 0) is 44.6 Å². The number of methoxy groups -OCH3 is 1. The normalized spacial score (nSPS) is 22.0. The van der Waals surface area contributed by atoms with Gasteiger partial charge in [-0.3, -0.25) is 4.79 Å². The highest BCUT2D eigenvalue weighted by Gasteiger charge is 2.27. The molecule has 0 unspecified atom stereocenters. The predicted molar refractivity (Wildman–Crippen MR) is 112 cm³/mol. The Hall–Kier alpha value is -2.67. The Morgan fingerprint density at radius 1 is 1.17 bits per heavy atom. The third-order valence-corrected chi connectivity index (χ3v) is 5.69. The van der Waals surface area contributed by atoms with Gasteiger partial charge in [-0.2, -0.15) is 0 Å². The molecule has 29 heavy (non-hydrogen) atoms. The highest BCUT2D eigenvalue weighted by Crippen LogP contribution is 2.28. The van der Waals surface area contributed by atoms with E-state index in [2.05, 4.69) is 39.2 Å². The smallest absolute Gasteiger partial charge is 0.273 e. The Kier molecular flexibility index (Phi) is 6.24. The lowest BCUT2D eigenvalue weighted by atomic mass is 9.91. The molecule has 7 nitrogen and oxygen atoms in total. The highest BCUT2D eigenvalue weighted by molar-refractivity contribution is 5.92. The Morgan fingerprint density at radius 3 is 2.69 bits per heavy atom. The first kappa shape index (κ1) is 19.6. The average molecular weight is 396 g/mol. The first-order valence-electron chi connectivity index (χ1n) is 10.5. The van der Waals surface area contributed by atoms with E-state index in [1.807, 2.05) is 22.9 Å². The Balaban J connectivity index is 1.21. The van der Waals surface area contributed by atoms with Crippen molar-refractivity contribution < 1.29 is 9.53 Å². The molecule has 2 aromatic rings. The van der Waals surface area contributed by atoms with Crippen LogP contribution in [0.5, 0.6) is 5.75 Å². The summed E-state index contributed by atoms with van der Waals surface area (Å²) in [7, 11) is 1.70. The standard InChI is InChI=1S/C22H29N5O2/c1-29-21-7-3-2-5-16(21)6-4-14-23-17-10-12-19(13-11-17)27-15-20(25-26-27)22(28)24-18-8-9-18/h2-7,15,17-19,23H,8-14H2,1H3,(H,24,28)/b6-4+. The summed E-state index contributed by atoms with van der Waals surface area (Å²) in [5, 5.41) is 14.8. The minimum Gasteiger partial charge on any atom is -0.496 e. The Morgan fingerprint density at radius 2 is 1.93 bits per heavy atom. The second kappa shape index (κ2) is 9.22. The fourth-order valence-electron chi connectivity index (χ4n) is 3.82. The number of carbonyl (C=O) groups is 1. The van der Waals surface area contributed by atoms with Gasteiger partial charge >= 0.3 is 0 Å². The zero-order valence-corrected chi connectivity index (χ0v) is 16.9. The van der Waals surface area contributed by atoms with E-state index in [1.54, 1.807) is 13.3 Å². The van der Waals surface area contributed by atoms with Crippen LogP contribution in [0.2, 0.25) is 0 Å². The summed E-state index contributed by atoms with van der Waals surface area (Å²) < 4.78 is 7.25. The van der Waals surface area contributed by atoms with Crippen LogP contribution in [0.25, 0.3) is 6.08 Å². The molecule has 2 saturated carbocycles. The maximum Gasteiger partial charge on any atom is 0.273 e. The number of rotatable bonds is 8. The molecular weight excluding hydrogens is 366 g/mol. The van der Waals surface area contributed by atoms with Crippen molar-refractivity contribution in [2.24, 2.45) is 0 Å². The molecule has 0 bridgehead atoms. The van der Waals surface area contributed by atoms with Gasteiger partial charge in [-0.25, -0.2) is 4.68 Å². The molecule has 1 amide bonds. The van der Waals surface area contributed by atoms with E-state index in [9.17, 15) is 4.79 Å². The number of carbonyl (C=O) groups excluding carboxylic acids is 1. The monoisotopic (exact) mass is 395 g/mol. The van der Waals surface area contributed by atoms with Crippen molar-refractivity contribution in [1.29, 1.82) is 0 Å². The van der Waals surface area contributed by atoms with Gasteiger partial charge in [0.25, 0.3) is 5.91 Å². The summed E-state index contributed by atoms with van der Waals surface area (Å²) in [6.45, 7) is 0.836. The summed E-state index contributed by atoms with van der Waals surface area (Å²) in [5.41, 5.74) is 1.52. The van der Waals surface area contributed by atoms with Crippen LogP contribution in [0.1, 0.15) is 60.6 Å². The largest absolute Gasteiger partial charge is 0.496 e. The topological polar surface area (TPSA) is 81.1 Å². The van der Waals surface area contributed by atoms with Crippen molar-refractivity contribution in [2.45, 2.75) is 56.7 Å². The number of benzene rings is 1. The van der Waals surface area contributed by atoms with E-state index in [0.29, 0.717) is 23.8 Å². The number of hydrogen-bond donors (Lipinski definition) is 2. The van der Waals surface area contributed by atoms with Crippen LogP contribution in [0.3, 0.4) is 0 Å². The highest BCUT2D eigenvalue weighted by atomic mass is 16.5. The van der Waals surface area contributed by atoms with Gasteiger partial charge in [0, 0.05) is 24.2 Å². The van der Waals surface area contributed by atoms with Crippen LogP contribution < -0.4 is 15.4 Å². The van der Waals surface area contributed by atoms with Gasteiger partial charge in [-0.15, -0.1) is 5.10 Å². The number of nitrogens with one attached hydrogen (secondary N) is 2. The van der Waals surface area contributed by atoms with Gasteiger partial charge in [0.1, 0.15) is 5.75 Å². The molecule has 1 aromatic carbocycles. The second-order valence-corrected chi connectivity index (χ2v) is 7.89. The molecule has 2 fully saturated rings. The summed E-state index contributed by atoms with van der Waals surface area (Å²) in [4.78, 5) is 12.1. The van der Waals surface area contributed by atoms with Crippen LogP contribution >= 0.6 is 0 Å². The lowest BCUT2D eigenvalue weighted by molar-refractivity contribution is 0.0946. The van der Waals surface area contributed by atoms with Crippen molar-refractivity contribution in [1.82, 2.24) is 25.6 Å². The average Bonchev–Trinajstić information content (AvgIpc) is 3.43. The Labute approximate surface area is 171 Å². The van der Waals surface area contributed by atoms with Gasteiger partial charge in [0.15, 0.2) is 5.69 Å². The molecule has 2 aliphatic rings. The van der Waals surface area contributed by atoms with Gasteiger partial charge in [0.05, 0.1) is 19.3 Å². The van der Waals surface area contributed by atoms with Crippen LogP contribution in [-0.4, -0.2) is 46.6 Å². The molecule has 0 atom stereocenters. The third-order valence-electron chi connectivity index (χ3n) is 5.69. The zero-order chi connectivity index (χ0) is 20.1. The molecule has 0 saturated heterocycles. The lowest BCUT2D eigenvalue weighted by Gasteiger charge is -2.28. The molecule has 0 aliphatic heterocycles. The number of nitrogens with zero attached hydrogens (tertiary/aromatic N) is 3. The van der Waals surface area contributed by atoms with Gasteiger partial charge in [-0.1, -0.05) is 35.6 Å². The molecule has 2 N–H and O–H groups in total. The minimum atomic E-state index is -0.101. The second-order valence-electron chi connectivity index (χ2n) is 7.89. The van der Waals surface area contributed by atoms with Crippen molar-refractivity contribution in [3.05, 3.63) is 47.8 Å². The quantitative estimate of drug-likeness (QED) is 0.718. The van der Waals surface area contributed by atoms with Crippen molar-refractivity contribution >= 4 is 12.0 Å². The summed E-state index contributed by atoms with van der Waals surface area (Å²) in [6.07, 6.45) is 12.5. The van der Waals surface area contributed by atoms with Crippen LogP contribution in [-0.2, 0) is 0 Å². The molecule has 7 heteroatoms. The molecule has 0 spiro atoms.